The molecule has 0 unspecified atom stereocenters. The van der Waals surface area contributed by atoms with Crippen molar-refractivity contribution in [2.45, 2.75) is 32.8 Å². The van der Waals surface area contributed by atoms with E-state index in [1.54, 1.807) is 36.5 Å². The van der Waals surface area contributed by atoms with E-state index in [4.69, 9.17) is 16.3 Å². The zero-order valence-corrected chi connectivity index (χ0v) is 14.5. The predicted molar refractivity (Wildman–Crippen MR) is 93.0 cm³/mol. The van der Waals surface area contributed by atoms with E-state index in [0.717, 1.165) is 11.1 Å². The molecule has 2 aromatic rings. The van der Waals surface area contributed by atoms with Gasteiger partial charge in [0.05, 0.1) is 0 Å². The molecule has 0 aliphatic carbocycles. The first kappa shape index (κ1) is 17.5. The summed E-state index contributed by atoms with van der Waals surface area (Å²) in [4.78, 5) is 23.9. The molecule has 122 valence electrons. The number of ether oxygens (including phenoxy) is 1. The maximum absolute atomic E-state index is 12.1. The Labute approximate surface area is 144 Å². The van der Waals surface area contributed by atoms with Crippen LogP contribution in [0.4, 0.5) is 5.69 Å². The van der Waals surface area contributed by atoms with Crippen molar-refractivity contribution in [1.82, 2.24) is 0 Å². The van der Waals surface area contributed by atoms with Crippen molar-refractivity contribution in [1.29, 1.82) is 0 Å². The number of thiophene rings is 1. The van der Waals surface area contributed by atoms with Gasteiger partial charge in [0.1, 0.15) is 0 Å². The minimum Gasteiger partial charge on any atom is -0.453 e. The standard InChI is InChI=1S/C17H18ClNO3S/c1-11-14(18)4-3-5-15(11)19-17(21)12(2)22-16(20)7-6-13-8-9-23-10-13/h3-5,8-10,12H,6-7H2,1-2H3,(H,19,21)/t12-/m1/s1. The van der Waals surface area contributed by atoms with Gasteiger partial charge in [-0.25, -0.2) is 0 Å². The highest BCUT2D eigenvalue weighted by atomic mass is 35.5. The second-order valence-electron chi connectivity index (χ2n) is 5.17. The Bertz CT molecular complexity index is 685. The van der Waals surface area contributed by atoms with Gasteiger partial charge in [-0.1, -0.05) is 17.7 Å². The van der Waals surface area contributed by atoms with Gasteiger partial charge in [-0.15, -0.1) is 0 Å². The van der Waals surface area contributed by atoms with Crippen LogP contribution in [0, 0.1) is 6.92 Å². The molecule has 0 aliphatic rings. The number of hydrogen-bond donors (Lipinski definition) is 1. The summed E-state index contributed by atoms with van der Waals surface area (Å²) in [6.45, 7) is 3.37. The van der Waals surface area contributed by atoms with Crippen LogP contribution in [0.5, 0.6) is 0 Å². The van der Waals surface area contributed by atoms with E-state index in [-0.39, 0.29) is 18.3 Å². The average Bonchev–Trinajstić information content (AvgIpc) is 3.03. The molecule has 0 fully saturated rings. The highest BCUT2D eigenvalue weighted by molar-refractivity contribution is 7.07. The Morgan fingerprint density at radius 1 is 1.35 bits per heavy atom. The summed E-state index contributed by atoms with van der Waals surface area (Å²) in [6.07, 6.45) is 0.0117. The minimum absolute atomic E-state index is 0.255. The highest BCUT2D eigenvalue weighted by Gasteiger charge is 2.18. The molecular formula is C17H18ClNO3S. The molecule has 0 saturated carbocycles. The SMILES string of the molecule is Cc1c(Cl)cccc1NC(=O)[C@@H](C)OC(=O)CCc1ccsc1. The fourth-order valence-corrected chi connectivity index (χ4v) is 2.85. The molecule has 0 saturated heterocycles. The summed E-state index contributed by atoms with van der Waals surface area (Å²) in [7, 11) is 0. The second-order valence-corrected chi connectivity index (χ2v) is 6.35. The molecule has 1 amide bonds. The lowest BCUT2D eigenvalue weighted by molar-refractivity contribution is -0.153. The van der Waals surface area contributed by atoms with Crippen LogP contribution in [0.3, 0.4) is 0 Å². The highest BCUT2D eigenvalue weighted by Crippen LogP contribution is 2.23. The third kappa shape index (κ3) is 5.08. The summed E-state index contributed by atoms with van der Waals surface area (Å²) in [6, 6.07) is 7.23. The average molecular weight is 352 g/mol. The molecule has 6 heteroatoms. The first-order chi connectivity index (χ1) is 11.0. The molecule has 1 heterocycles. The molecule has 23 heavy (non-hydrogen) atoms. The first-order valence-corrected chi connectivity index (χ1v) is 8.56. The number of hydrogen-bond acceptors (Lipinski definition) is 4. The summed E-state index contributed by atoms with van der Waals surface area (Å²) < 4.78 is 5.17. The molecule has 0 bridgehead atoms. The van der Waals surface area contributed by atoms with Crippen molar-refractivity contribution in [3.63, 3.8) is 0 Å². The van der Waals surface area contributed by atoms with Gasteiger partial charge in [0.2, 0.25) is 0 Å². The van der Waals surface area contributed by atoms with Gasteiger partial charge in [0.25, 0.3) is 5.91 Å². The van der Waals surface area contributed by atoms with Gasteiger partial charge in [-0.05, 0) is 60.4 Å². The van der Waals surface area contributed by atoms with E-state index in [9.17, 15) is 9.59 Å². The molecular weight excluding hydrogens is 334 g/mol. The van der Waals surface area contributed by atoms with E-state index in [0.29, 0.717) is 17.1 Å². The van der Waals surface area contributed by atoms with Crippen LogP contribution in [0.2, 0.25) is 5.02 Å². The van der Waals surface area contributed by atoms with Crippen LogP contribution in [-0.4, -0.2) is 18.0 Å². The summed E-state index contributed by atoms with van der Waals surface area (Å²) in [5.41, 5.74) is 2.49. The summed E-state index contributed by atoms with van der Waals surface area (Å²) in [5.74, 6) is -0.763. The maximum atomic E-state index is 12.1. The number of rotatable bonds is 6. The molecule has 1 N–H and O–H groups in total. The van der Waals surface area contributed by atoms with Crippen LogP contribution in [-0.2, 0) is 20.7 Å². The van der Waals surface area contributed by atoms with Gasteiger partial charge in [0.15, 0.2) is 6.10 Å². The lowest BCUT2D eigenvalue weighted by Crippen LogP contribution is -2.30. The van der Waals surface area contributed by atoms with Crippen molar-refractivity contribution in [2.24, 2.45) is 0 Å². The molecule has 0 aliphatic heterocycles. The third-order valence-electron chi connectivity index (χ3n) is 3.40. The number of nitrogens with one attached hydrogen (secondary N) is 1. The fraction of sp³-hybridized carbons (Fsp3) is 0.294. The van der Waals surface area contributed by atoms with Gasteiger partial charge in [-0.2, -0.15) is 11.3 Å². The predicted octanol–water partition coefficient (Wildman–Crippen LogP) is 4.21. The number of aryl methyl sites for hydroxylation is 1. The van der Waals surface area contributed by atoms with Crippen molar-refractivity contribution >= 4 is 40.5 Å². The fourth-order valence-electron chi connectivity index (χ4n) is 1.97. The number of carbonyl (C=O) groups is 2. The van der Waals surface area contributed by atoms with E-state index in [2.05, 4.69) is 5.32 Å². The number of anilines is 1. The van der Waals surface area contributed by atoms with Crippen molar-refractivity contribution in [2.75, 3.05) is 5.32 Å². The van der Waals surface area contributed by atoms with E-state index >= 15 is 0 Å². The molecule has 1 atom stereocenters. The van der Waals surface area contributed by atoms with Crippen molar-refractivity contribution in [3.8, 4) is 0 Å². The Morgan fingerprint density at radius 3 is 2.83 bits per heavy atom. The van der Waals surface area contributed by atoms with Crippen LogP contribution < -0.4 is 5.32 Å². The summed E-state index contributed by atoms with van der Waals surface area (Å²) >= 11 is 7.60. The van der Waals surface area contributed by atoms with E-state index in [1.165, 1.54) is 0 Å². The van der Waals surface area contributed by atoms with Gasteiger partial charge in [-0.3, -0.25) is 9.59 Å². The lowest BCUT2D eigenvalue weighted by atomic mass is 10.2. The van der Waals surface area contributed by atoms with Crippen LogP contribution in [0.1, 0.15) is 24.5 Å². The number of halogens is 1. The quantitative estimate of drug-likeness (QED) is 0.793. The number of esters is 1. The second kappa shape index (κ2) is 8.13. The zero-order chi connectivity index (χ0) is 16.8. The normalized spacial score (nSPS) is 11.8. The van der Waals surface area contributed by atoms with Gasteiger partial charge >= 0.3 is 5.97 Å². The maximum Gasteiger partial charge on any atom is 0.306 e. The number of benzene rings is 1. The molecule has 0 spiro atoms. The topological polar surface area (TPSA) is 55.4 Å². The Morgan fingerprint density at radius 2 is 2.13 bits per heavy atom. The third-order valence-corrected chi connectivity index (χ3v) is 4.54. The number of amides is 1. The molecule has 4 nitrogen and oxygen atoms in total. The monoisotopic (exact) mass is 351 g/mol. The van der Waals surface area contributed by atoms with E-state index < -0.39 is 6.10 Å². The zero-order valence-electron chi connectivity index (χ0n) is 13.0. The van der Waals surface area contributed by atoms with Crippen molar-refractivity contribution in [3.05, 3.63) is 51.2 Å². The lowest BCUT2D eigenvalue weighted by Gasteiger charge is -2.15. The molecule has 1 aromatic carbocycles. The molecule has 1 aromatic heterocycles. The van der Waals surface area contributed by atoms with E-state index in [1.807, 2.05) is 23.8 Å². The van der Waals surface area contributed by atoms with Gasteiger partial charge in [0, 0.05) is 17.1 Å². The largest absolute Gasteiger partial charge is 0.453 e. The number of carbonyl (C=O) groups excluding carboxylic acids is 2. The first-order valence-electron chi connectivity index (χ1n) is 7.24. The Hall–Kier alpha value is -1.85. The molecule has 0 radical (unpaired) electrons. The van der Waals surface area contributed by atoms with Crippen molar-refractivity contribution < 1.29 is 14.3 Å². The Kier molecular flexibility index (Phi) is 6.19. The molecule has 2 rings (SSSR count). The van der Waals surface area contributed by atoms with Crippen LogP contribution in [0.25, 0.3) is 0 Å². The Balaban J connectivity index is 1.84. The smallest absolute Gasteiger partial charge is 0.306 e. The minimum atomic E-state index is -0.858. The summed E-state index contributed by atoms with van der Waals surface area (Å²) in [5, 5.41) is 7.25. The van der Waals surface area contributed by atoms with Crippen LogP contribution >= 0.6 is 22.9 Å². The van der Waals surface area contributed by atoms with Crippen LogP contribution in [0.15, 0.2) is 35.0 Å². The van der Waals surface area contributed by atoms with Gasteiger partial charge < -0.3 is 10.1 Å².